The van der Waals surface area contributed by atoms with Crippen LogP contribution in [0.5, 0.6) is 0 Å². The van der Waals surface area contributed by atoms with Crippen LogP contribution in [0.1, 0.15) is 104 Å². The summed E-state index contributed by atoms with van der Waals surface area (Å²) in [5, 5.41) is 28.6. The maximum absolute atomic E-state index is 12.5. The van der Waals surface area contributed by atoms with Crippen LogP contribution in [0.2, 0.25) is 0 Å². The predicted molar refractivity (Wildman–Crippen MR) is 107 cm³/mol. The van der Waals surface area contributed by atoms with E-state index in [1.165, 1.54) is 0 Å². The van der Waals surface area contributed by atoms with Crippen LogP contribution >= 0.6 is 0 Å². The number of ketones is 1. The van der Waals surface area contributed by atoms with Gasteiger partial charge in [-0.1, -0.05) is 52.4 Å². The van der Waals surface area contributed by atoms with Gasteiger partial charge in [-0.15, -0.1) is 0 Å². The lowest BCUT2D eigenvalue weighted by Gasteiger charge is -2.33. The molecule has 4 atom stereocenters. The number of carboxylic acid groups (broad SMARTS) is 1. The second kappa shape index (κ2) is 11.2. The Bertz CT molecular complexity index is 473. The Morgan fingerprint density at radius 1 is 1.22 bits per heavy atom. The Morgan fingerprint density at radius 3 is 2.56 bits per heavy atom. The quantitative estimate of drug-likeness (QED) is 0.384. The van der Waals surface area contributed by atoms with Crippen molar-refractivity contribution < 1.29 is 24.9 Å². The van der Waals surface area contributed by atoms with Crippen molar-refractivity contribution in [3.63, 3.8) is 0 Å². The van der Waals surface area contributed by atoms with Crippen LogP contribution in [0, 0.1) is 11.3 Å². The number of rotatable bonds is 14. The molecule has 0 radical (unpaired) electrons. The smallest absolute Gasteiger partial charge is 0.332 e. The summed E-state index contributed by atoms with van der Waals surface area (Å²) in [7, 11) is 0. The summed E-state index contributed by atoms with van der Waals surface area (Å²) in [5.74, 6) is -0.505. The van der Waals surface area contributed by atoms with Gasteiger partial charge in [0.2, 0.25) is 0 Å². The fourth-order valence-electron chi connectivity index (χ4n) is 4.44. The summed E-state index contributed by atoms with van der Waals surface area (Å²) in [6.07, 6.45) is 9.51. The fourth-order valence-corrected chi connectivity index (χ4v) is 4.44. The summed E-state index contributed by atoms with van der Waals surface area (Å²) in [6, 6.07) is 0. The molecule has 1 fully saturated rings. The van der Waals surface area contributed by atoms with Gasteiger partial charge in [-0.2, -0.15) is 0 Å². The molecule has 1 rings (SSSR count). The predicted octanol–water partition coefficient (Wildman–Crippen LogP) is 4.48. The standard InChI is InChI=1S/C22H40O5/c1-4-5-8-14-21(2,27)16-13-17-11-12-19(24)22(17,3)15-9-6-7-10-18(23)20(25)26/h17-18,23,27H,4-16H2,1-3H3,(H,25,26)/t17-,18?,21?,22-/m1/s1. The number of carbonyl (C=O) groups is 2. The van der Waals surface area contributed by atoms with Crippen molar-refractivity contribution in [3.8, 4) is 0 Å². The minimum absolute atomic E-state index is 0.268. The molecule has 1 aliphatic rings. The lowest BCUT2D eigenvalue weighted by molar-refractivity contribution is -0.147. The lowest BCUT2D eigenvalue weighted by atomic mass is 9.72. The van der Waals surface area contributed by atoms with Crippen molar-refractivity contribution in [2.24, 2.45) is 11.3 Å². The first kappa shape index (κ1) is 24.1. The molecule has 0 aromatic rings. The van der Waals surface area contributed by atoms with Gasteiger partial charge in [0.05, 0.1) is 5.60 Å². The highest BCUT2D eigenvalue weighted by Gasteiger charge is 2.45. The second-order valence-electron chi connectivity index (χ2n) is 9.02. The summed E-state index contributed by atoms with van der Waals surface area (Å²) in [6.45, 7) is 6.15. The first-order valence-electron chi connectivity index (χ1n) is 10.8. The minimum Gasteiger partial charge on any atom is -0.479 e. The van der Waals surface area contributed by atoms with Crippen LogP contribution in [0.3, 0.4) is 0 Å². The topological polar surface area (TPSA) is 94.8 Å². The number of Topliss-reactive ketones (excluding diaryl/α,β-unsaturated/α-hetero) is 1. The molecule has 0 saturated heterocycles. The van der Waals surface area contributed by atoms with Crippen molar-refractivity contribution in [1.29, 1.82) is 0 Å². The number of aliphatic hydroxyl groups is 2. The van der Waals surface area contributed by atoms with E-state index >= 15 is 0 Å². The van der Waals surface area contributed by atoms with Crippen LogP contribution in [-0.2, 0) is 9.59 Å². The first-order chi connectivity index (χ1) is 12.6. The Labute approximate surface area is 164 Å². The second-order valence-corrected chi connectivity index (χ2v) is 9.02. The Hall–Kier alpha value is -0.940. The average molecular weight is 385 g/mol. The molecule has 0 heterocycles. The maximum atomic E-state index is 12.5. The van der Waals surface area contributed by atoms with E-state index in [1.807, 2.05) is 6.92 Å². The van der Waals surface area contributed by atoms with E-state index in [4.69, 9.17) is 5.11 Å². The molecule has 5 heteroatoms. The van der Waals surface area contributed by atoms with E-state index in [0.717, 1.165) is 64.2 Å². The molecular formula is C22H40O5. The summed E-state index contributed by atoms with van der Waals surface area (Å²) < 4.78 is 0. The van der Waals surface area contributed by atoms with Crippen LogP contribution < -0.4 is 0 Å². The van der Waals surface area contributed by atoms with Crippen LogP contribution in [-0.4, -0.2) is 38.8 Å². The first-order valence-corrected chi connectivity index (χ1v) is 10.8. The van der Waals surface area contributed by atoms with E-state index in [0.29, 0.717) is 24.5 Å². The van der Waals surface area contributed by atoms with Crippen molar-refractivity contribution in [1.82, 2.24) is 0 Å². The van der Waals surface area contributed by atoms with Gasteiger partial charge in [0.1, 0.15) is 5.78 Å². The van der Waals surface area contributed by atoms with Crippen LogP contribution in [0.4, 0.5) is 0 Å². The number of unbranched alkanes of at least 4 members (excludes halogenated alkanes) is 4. The minimum atomic E-state index is -1.28. The SMILES string of the molecule is CCCCCC(C)(O)CC[C@H]1CCC(=O)[C@]1(C)CCCCCC(O)C(=O)O. The molecule has 27 heavy (non-hydrogen) atoms. The van der Waals surface area contributed by atoms with Gasteiger partial charge in [0.25, 0.3) is 0 Å². The molecule has 0 bridgehead atoms. The Morgan fingerprint density at radius 2 is 1.93 bits per heavy atom. The van der Waals surface area contributed by atoms with Crippen molar-refractivity contribution in [2.75, 3.05) is 0 Å². The summed E-state index contributed by atoms with van der Waals surface area (Å²) in [4.78, 5) is 23.2. The van der Waals surface area contributed by atoms with Gasteiger partial charge in [0.15, 0.2) is 6.10 Å². The highest BCUT2D eigenvalue weighted by molar-refractivity contribution is 5.86. The van der Waals surface area contributed by atoms with Gasteiger partial charge in [-0.3, -0.25) is 4.79 Å². The summed E-state index contributed by atoms with van der Waals surface area (Å²) >= 11 is 0. The van der Waals surface area contributed by atoms with Gasteiger partial charge in [-0.25, -0.2) is 4.79 Å². The molecular weight excluding hydrogens is 344 g/mol. The van der Waals surface area contributed by atoms with Gasteiger partial charge in [0, 0.05) is 11.8 Å². The van der Waals surface area contributed by atoms with Crippen molar-refractivity contribution >= 4 is 11.8 Å². The lowest BCUT2D eigenvalue weighted by Crippen LogP contribution is -2.32. The number of aliphatic carboxylic acids is 1. The van der Waals surface area contributed by atoms with E-state index in [-0.39, 0.29) is 11.8 Å². The van der Waals surface area contributed by atoms with Crippen molar-refractivity contribution in [3.05, 3.63) is 0 Å². The molecule has 1 saturated carbocycles. The maximum Gasteiger partial charge on any atom is 0.332 e. The van der Waals surface area contributed by atoms with E-state index < -0.39 is 17.7 Å². The number of aliphatic hydroxyl groups excluding tert-OH is 1. The molecule has 158 valence electrons. The van der Waals surface area contributed by atoms with E-state index in [2.05, 4.69) is 13.8 Å². The van der Waals surface area contributed by atoms with Crippen LogP contribution in [0.25, 0.3) is 0 Å². The molecule has 0 aromatic carbocycles. The van der Waals surface area contributed by atoms with E-state index in [1.54, 1.807) is 0 Å². The molecule has 0 amide bonds. The van der Waals surface area contributed by atoms with E-state index in [9.17, 15) is 19.8 Å². The fraction of sp³-hybridized carbons (Fsp3) is 0.909. The number of hydrogen-bond acceptors (Lipinski definition) is 4. The normalized spacial score (nSPS) is 26.1. The zero-order chi connectivity index (χ0) is 20.5. The number of hydrogen-bond donors (Lipinski definition) is 3. The monoisotopic (exact) mass is 384 g/mol. The van der Waals surface area contributed by atoms with Gasteiger partial charge < -0.3 is 15.3 Å². The Balaban J connectivity index is 2.43. The summed E-state index contributed by atoms with van der Waals surface area (Å²) in [5.41, 5.74) is -0.959. The molecule has 0 aromatic heterocycles. The average Bonchev–Trinajstić information content (AvgIpc) is 2.87. The molecule has 0 aliphatic heterocycles. The molecule has 5 nitrogen and oxygen atoms in total. The van der Waals surface area contributed by atoms with Crippen molar-refractivity contribution in [2.45, 2.75) is 116 Å². The zero-order valence-electron chi connectivity index (χ0n) is 17.5. The number of carbonyl (C=O) groups excluding carboxylic acids is 1. The molecule has 3 N–H and O–H groups in total. The third kappa shape index (κ3) is 7.90. The third-order valence-electron chi connectivity index (χ3n) is 6.57. The zero-order valence-corrected chi connectivity index (χ0v) is 17.5. The number of carboxylic acids is 1. The van der Waals surface area contributed by atoms with Crippen LogP contribution in [0.15, 0.2) is 0 Å². The molecule has 0 spiro atoms. The Kier molecular flexibility index (Phi) is 9.96. The largest absolute Gasteiger partial charge is 0.479 e. The third-order valence-corrected chi connectivity index (χ3v) is 6.57. The molecule has 2 unspecified atom stereocenters. The van der Waals surface area contributed by atoms with Gasteiger partial charge in [-0.05, 0) is 51.4 Å². The molecule has 1 aliphatic carbocycles. The van der Waals surface area contributed by atoms with Gasteiger partial charge >= 0.3 is 5.97 Å². The highest BCUT2D eigenvalue weighted by atomic mass is 16.4. The highest BCUT2D eigenvalue weighted by Crippen LogP contribution is 2.47.